The minimum atomic E-state index is -0.538. The number of nitro benzene ring substituents is 1. The first-order valence-electron chi connectivity index (χ1n) is 5.98. The summed E-state index contributed by atoms with van der Waals surface area (Å²) in [5.41, 5.74) is -0.622. The highest BCUT2D eigenvalue weighted by Gasteiger charge is 2.18. The molecule has 0 radical (unpaired) electrons. The number of nitrogens with zero attached hydrogens (tertiary/aromatic N) is 1. The van der Waals surface area contributed by atoms with E-state index in [1.54, 1.807) is 26.8 Å². The number of rotatable bonds is 5. The largest absolute Gasteiger partial charge is 0.492 e. The molecule has 0 heterocycles. The van der Waals surface area contributed by atoms with E-state index in [4.69, 9.17) is 9.47 Å². The minimum absolute atomic E-state index is 0.0758. The van der Waals surface area contributed by atoms with Gasteiger partial charge in [0.05, 0.1) is 18.0 Å². The summed E-state index contributed by atoms with van der Waals surface area (Å²) in [5.74, 6) is -0.0539. The summed E-state index contributed by atoms with van der Waals surface area (Å²) >= 11 is 3.12. The Balaban J connectivity index is 2.57. The van der Waals surface area contributed by atoms with E-state index in [9.17, 15) is 14.9 Å². The molecule has 6 nitrogen and oxygen atoms in total. The SMILES string of the molecule is CC(C)(C)OC(=O)CCOc1cccc([N+](=O)[O-])c1Br. The van der Waals surface area contributed by atoms with Gasteiger partial charge in [0, 0.05) is 6.07 Å². The zero-order valence-corrected chi connectivity index (χ0v) is 13.1. The standard InChI is InChI=1S/C13H16BrNO5/c1-13(2,3)20-11(16)7-8-19-10-6-4-5-9(12(10)14)15(17)18/h4-6H,7-8H2,1-3H3. The van der Waals surface area contributed by atoms with Crippen molar-refractivity contribution in [3.63, 3.8) is 0 Å². The molecule has 110 valence electrons. The summed E-state index contributed by atoms with van der Waals surface area (Å²) in [6, 6.07) is 4.47. The van der Waals surface area contributed by atoms with Gasteiger partial charge in [-0.2, -0.15) is 0 Å². The molecule has 0 amide bonds. The van der Waals surface area contributed by atoms with Crippen molar-refractivity contribution in [3.8, 4) is 5.75 Å². The number of nitro groups is 1. The molecule has 0 aromatic heterocycles. The van der Waals surface area contributed by atoms with Crippen LogP contribution in [0.5, 0.6) is 5.75 Å². The Morgan fingerprint density at radius 2 is 2.05 bits per heavy atom. The number of esters is 1. The monoisotopic (exact) mass is 345 g/mol. The van der Waals surface area contributed by atoms with Crippen molar-refractivity contribution < 1.29 is 19.2 Å². The second kappa shape index (κ2) is 6.69. The number of carbonyl (C=O) groups excluding carboxylic acids is 1. The molecule has 0 aliphatic rings. The molecule has 1 aromatic carbocycles. The van der Waals surface area contributed by atoms with Crippen molar-refractivity contribution >= 4 is 27.6 Å². The average molecular weight is 346 g/mol. The Labute approximate surface area is 125 Å². The lowest BCUT2D eigenvalue weighted by Gasteiger charge is -2.19. The van der Waals surface area contributed by atoms with Gasteiger partial charge in [-0.3, -0.25) is 14.9 Å². The van der Waals surface area contributed by atoms with Crippen molar-refractivity contribution in [3.05, 3.63) is 32.8 Å². The van der Waals surface area contributed by atoms with Gasteiger partial charge in [-0.25, -0.2) is 0 Å². The topological polar surface area (TPSA) is 78.7 Å². The van der Waals surface area contributed by atoms with Gasteiger partial charge in [0.15, 0.2) is 0 Å². The molecule has 1 rings (SSSR count). The molecule has 7 heteroatoms. The van der Waals surface area contributed by atoms with Crippen molar-refractivity contribution in [2.75, 3.05) is 6.61 Å². The maximum atomic E-state index is 11.5. The lowest BCUT2D eigenvalue weighted by Crippen LogP contribution is -2.24. The highest BCUT2D eigenvalue weighted by atomic mass is 79.9. The maximum Gasteiger partial charge on any atom is 0.309 e. The van der Waals surface area contributed by atoms with Gasteiger partial charge in [-0.05, 0) is 42.8 Å². The number of hydrogen-bond donors (Lipinski definition) is 0. The normalized spacial score (nSPS) is 11.0. The molecule has 0 atom stereocenters. The molecule has 1 aromatic rings. The van der Waals surface area contributed by atoms with Crippen LogP contribution in [0.3, 0.4) is 0 Å². The van der Waals surface area contributed by atoms with Crippen LogP contribution in [0, 0.1) is 10.1 Å². The molecular formula is C13H16BrNO5. The van der Waals surface area contributed by atoms with E-state index in [-0.39, 0.29) is 29.2 Å². The second-order valence-electron chi connectivity index (χ2n) is 5.03. The Bertz CT molecular complexity index is 510. The van der Waals surface area contributed by atoms with Crippen LogP contribution >= 0.6 is 15.9 Å². The second-order valence-corrected chi connectivity index (χ2v) is 5.82. The van der Waals surface area contributed by atoms with Gasteiger partial charge >= 0.3 is 5.97 Å². The molecule has 0 N–H and O–H groups in total. The zero-order chi connectivity index (χ0) is 15.3. The van der Waals surface area contributed by atoms with Gasteiger partial charge in [0.25, 0.3) is 5.69 Å². The van der Waals surface area contributed by atoms with E-state index >= 15 is 0 Å². The molecule has 0 unspecified atom stereocenters. The first-order valence-corrected chi connectivity index (χ1v) is 6.77. The van der Waals surface area contributed by atoms with Crippen LogP contribution in [-0.4, -0.2) is 23.1 Å². The average Bonchev–Trinajstić information content (AvgIpc) is 2.28. The Kier molecular flexibility index (Phi) is 5.50. The van der Waals surface area contributed by atoms with E-state index in [1.807, 2.05) is 0 Å². The lowest BCUT2D eigenvalue weighted by molar-refractivity contribution is -0.385. The Morgan fingerprint density at radius 1 is 1.40 bits per heavy atom. The van der Waals surface area contributed by atoms with E-state index in [0.717, 1.165) is 0 Å². The number of carbonyl (C=O) groups is 1. The molecule has 0 aliphatic carbocycles. The third-order valence-corrected chi connectivity index (χ3v) is 2.92. The molecule has 0 fully saturated rings. The van der Waals surface area contributed by atoms with Gasteiger partial charge in [0.2, 0.25) is 0 Å². The fraction of sp³-hybridized carbons (Fsp3) is 0.462. The van der Waals surface area contributed by atoms with Gasteiger partial charge in [-0.15, -0.1) is 0 Å². The predicted molar refractivity (Wildman–Crippen MR) is 76.8 cm³/mol. The van der Waals surface area contributed by atoms with Crippen LogP contribution in [0.2, 0.25) is 0 Å². The van der Waals surface area contributed by atoms with E-state index in [2.05, 4.69) is 15.9 Å². The quantitative estimate of drug-likeness (QED) is 0.463. The predicted octanol–water partition coefficient (Wildman–Crippen LogP) is 3.47. The highest BCUT2D eigenvalue weighted by Crippen LogP contribution is 2.33. The van der Waals surface area contributed by atoms with E-state index in [1.165, 1.54) is 12.1 Å². The molecule has 20 heavy (non-hydrogen) atoms. The molecule has 0 aliphatic heterocycles. The highest BCUT2D eigenvalue weighted by molar-refractivity contribution is 9.10. The van der Waals surface area contributed by atoms with Crippen LogP contribution in [0.15, 0.2) is 22.7 Å². The summed E-state index contributed by atoms with van der Waals surface area (Å²) in [6.07, 6.45) is 0.0758. The fourth-order valence-electron chi connectivity index (χ4n) is 1.39. The van der Waals surface area contributed by atoms with Gasteiger partial charge in [-0.1, -0.05) is 6.07 Å². The Hall–Kier alpha value is -1.63. The minimum Gasteiger partial charge on any atom is -0.492 e. The molecule has 0 saturated heterocycles. The van der Waals surface area contributed by atoms with Crippen LogP contribution in [-0.2, 0) is 9.53 Å². The Morgan fingerprint density at radius 3 is 2.60 bits per heavy atom. The first-order chi connectivity index (χ1) is 9.20. The van der Waals surface area contributed by atoms with Gasteiger partial charge < -0.3 is 9.47 Å². The molecule has 0 bridgehead atoms. The van der Waals surface area contributed by atoms with Crippen molar-refractivity contribution in [1.82, 2.24) is 0 Å². The fourth-order valence-corrected chi connectivity index (χ4v) is 1.91. The number of halogens is 1. The van der Waals surface area contributed by atoms with Gasteiger partial charge in [0.1, 0.15) is 15.8 Å². The van der Waals surface area contributed by atoms with Crippen LogP contribution in [0.25, 0.3) is 0 Å². The van der Waals surface area contributed by atoms with E-state index < -0.39 is 10.5 Å². The van der Waals surface area contributed by atoms with Crippen molar-refractivity contribution in [1.29, 1.82) is 0 Å². The summed E-state index contributed by atoms with van der Waals surface area (Å²) in [5, 5.41) is 10.8. The molecular weight excluding hydrogens is 330 g/mol. The smallest absolute Gasteiger partial charge is 0.309 e. The summed E-state index contributed by atoms with van der Waals surface area (Å²) in [4.78, 5) is 21.7. The molecule has 0 saturated carbocycles. The first kappa shape index (κ1) is 16.4. The maximum absolute atomic E-state index is 11.5. The van der Waals surface area contributed by atoms with Crippen LogP contribution in [0.1, 0.15) is 27.2 Å². The number of benzene rings is 1. The van der Waals surface area contributed by atoms with Crippen molar-refractivity contribution in [2.45, 2.75) is 32.8 Å². The van der Waals surface area contributed by atoms with Crippen LogP contribution in [0.4, 0.5) is 5.69 Å². The molecule has 0 spiro atoms. The third kappa shape index (κ3) is 5.16. The lowest BCUT2D eigenvalue weighted by atomic mass is 10.2. The van der Waals surface area contributed by atoms with Crippen LogP contribution < -0.4 is 4.74 Å². The third-order valence-electron chi connectivity index (χ3n) is 2.12. The van der Waals surface area contributed by atoms with E-state index in [0.29, 0.717) is 5.75 Å². The summed E-state index contributed by atoms with van der Waals surface area (Å²) < 4.78 is 10.7. The van der Waals surface area contributed by atoms with Crippen molar-refractivity contribution in [2.24, 2.45) is 0 Å². The summed E-state index contributed by atoms with van der Waals surface area (Å²) in [7, 11) is 0. The summed E-state index contributed by atoms with van der Waals surface area (Å²) in [6.45, 7) is 5.43. The zero-order valence-electron chi connectivity index (χ0n) is 11.5. The number of ether oxygens (including phenoxy) is 2. The number of hydrogen-bond acceptors (Lipinski definition) is 5.